The Bertz CT molecular complexity index is 752. The van der Waals surface area contributed by atoms with Gasteiger partial charge in [0.2, 0.25) is 0 Å². The summed E-state index contributed by atoms with van der Waals surface area (Å²) in [5.41, 5.74) is 0.183. The molecule has 0 N–H and O–H groups in total. The number of carbonyl (C=O) groups excluding carboxylic acids is 1. The van der Waals surface area contributed by atoms with Gasteiger partial charge in [-0.2, -0.15) is 0 Å². The minimum Gasteiger partial charge on any atom is -0.457 e. The number of rotatable bonds is 4. The molecule has 8 heteroatoms. The number of carbonyl (C=O) groups is 1. The second kappa shape index (κ2) is 6.72. The maximum atomic E-state index is 12.9. The highest BCUT2D eigenvalue weighted by atomic mass is 35.5. The lowest BCUT2D eigenvalue weighted by Gasteiger charge is -2.07. The number of esters is 1. The first-order valence-electron chi connectivity index (χ1n) is 5.93. The number of hydrogen-bond acceptors (Lipinski definition) is 4. The molecule has 0 radical (unpaired) electrons. The first-order valence-corrected chi connectivity index (χ1v) is 6.69. The molecular formula is C14H8Cl2FNO4. The monoisotopic (exact) mass is 343 g/mol. The van der Waals surface area contributed by atoms with Crippen molar-refractivity contribution < 1.29 is 18.8 Å². The van der Waals surface area contributed by atoms with Gasteiger partial charge in [-0.1, -0.05) is 29.3 Å². The predicted molar refractivity (Wildman–Crippen MR) is 78.6 cm³/mol. The van der Waals surface area contributed by atoms with Gasteiger partial charge in [0, 0.05) is 17.7 Å². The molecular weight excluding hydrogens is 336 g/mol. The van der Waals surface area contributed by atoms with Crippen LogP contribution in [-0.2, 0) is 11.3 Å². The van der Waals surface area contributed by atoms with E-state index in [1.165, 1.54) is 18.2 Å². The Morgan fingerprint density at radius 2 is 1.91 bits per heavy atom. The summed E-state index contributed by atoms with van der Waals surface area (Å²) in [6.45, 7) is -0.175. The van der Waals surface area contributed by atoms with Crippen molar-refractivity contribution in [3.8, 4) is 0 Å². The van der Waals surface area contributed by atoms with Crippen molar-refractivity contribution >= 4 is 34.9 Å². The maximum Gasteiger partial charge on any atom is 0.339 e. The van der Waals surface area contributed by atoms with E-state index in [4.69, 9.17) is 27.9 Å². The van der Waals surface area contributed by atoms with E-state index in [2.05, 4.69) is 0 Å². The van der Waals surface area contributed by atoms with Crippen LogP contribution in [0.15, 0.2) is 36.4 Å². The van der Waals surface area contributed by atoms with Crippen molar-refractivity contribution in [1.29, 1.82) is 0 Å². The van der Waals surface area contributed by atoms with Crippen LogP contribution < -0.4 is 0 Å². The summed E-state index contributed by atoms with van der Waals surface area (Å²) in [4.78, 5) is 21.9. The van der Waals surface area contributed by atoms with Crippen molar-refractivity contribution in [1.82, 2.24) is 0 Å². The Balaban J connectivity index is 2.11. The van der Waals surface area contributed by atoms with Crippen LogP contribution in [0.25, 0.3) is 0 Å². The molecule has 0 unspecified atom stereocenters. The molecule has 0 amide bonds. The van der Waals surface area contributed by atoms with E-state index < -0.39 is 16.7 Å². The summed E-state index contributed by atoms with van der Waals surface area (Å²) in [5.74, 6) is -1.27. The van der Waals surface area contributed by atoms with Crippen molar-refractivity contribution in [2.75, 3.05) is 0 Å². The van der Waals surface area contributed by atoms with Crippen LogP contribution in [0.5, 0.6) is 0 Å². The van der Waals surface area contributed by atoms with E-state index in [-0.39, 0.29) is 27.9 Å². The van der Waals surface area contributed by atoms with Gasteiger partial charge >= 0.3 is 5.97 Å². The molecule has 0 atom stereocenters. The summed E-state index contributed by atoms with van der Waals surface area (Å²) in [6.07, 6.45) is 0. The van der Waals surface area contributed by atoms with Gasteiger partial charge in [-0.05, 0) is 18.2 Å². The Kier molecular flexibility index (Phi) is 4.95. The number of halogens is 3. The molecule has 0 aliphatic heterocycles. The maximum absolute atomic E-state index is 12.9. The minimum atomic E-state index is -0.764. The highest BCUT2D eigenvalue weighted by molar-refractivity contribution is 6.33. The molecule has 0 heterocycles. The fourth-order valence-corrected chi connectivity index (χ4v) is 2.12. The molecule has 114 valence electrons. The van der Waals surface area contributed by atoms with Crippen LogP contribution in [0.2, 0.25) is 10.0 Å². The number of ether oxygens (including phenoxy) is 1. The molecule has 0 aliphatic carbocycles. The summed E-state index contributed by atoms with van der Waals surface area (Å²) in [7, 11) is 0. The second-order valence-electron chi connectivity index (χ2n) is 4.23. The molecule has 5 nitrogen and oxygen atoms in total. The first kappa shape index (κ1) is 16.2. The predicted octanol–water partition coefficient (Wildman–Crippen LogP) is 4.40. The van der Waals surface area contributed by atoms with Crippen LogP contribution >= 0.6 is 23.2 Å². The number of nitro benzene ring substituents is 1. The molecule has 0 spiro atoms. The van der Waals surface area contributed by atoms with E-state index in [1.54, 1.807) is 0 Å². The van der Waals surface area contributed by atoms with Gasteiger partial charge in [0.1, 0.15) is 12.4 Å². The zero-order valence-corrected chi connectivity index (χ0v) is 12.4. The third-order valence-corrected chi connectivity index (χ3v) is 3.42. The number of benzene rings is 2. The van der Waals surface area contributed by atoms with Crippen molar-refractivity contribution in [3.63, 3.8) is 0 Å². The minimum absolute atomic E-state index is 0.00880. The quantitative estimate of drug-likeness (QED) is 0.468. The molecule has 0 saturated carbocycles. The van der Waals surface area contributed by atoms with E-state index in [1.807, 2.05) is 0 Å². The third kappa shape index (κ3) is 3.72. The number of hydrogen-bond donors (Lipinski definition) is 0. The summed E-state index contributed by atoms with van der Waals surface area (Å²) in [5, 5.41) is 10.6. The van der Waals surface area contributed by atoms with Crippen LogP contribution in [0.4, 0.5) is 10.1 Å². The van der Waals surface area contributed by atoms with E-state index >= 15 is 0 Å². The lowest BCUT2D eigenvalue weighted by atomic mass is 10.2. The standard InChI is InChI=1S/C14H8Cl2FNO4/c15-12-5-9(17)2-1-8(12)7-22-14(19)11-4-3-10(18(20)21)6-13(11)16/h1-6H,7H2. The summed E-state index contributed by atoms with van der Waals surface area (Å²) >= 11 is 11.6. The smallest absolute Gasteiger partial charge is 0.339 e. The van der Waals surface area contributed by atoms with Crippen molar-refractivity contribution in [2.45, 2.75) is 6.61 Å². The normalized spacial score (nSPS) is 10.3. The molecule has 0 aliphatic rings. The van der Waals surface area contributed by atoms with Crippen LogP contribution in [0.1, 0.15) is 15.9 Å². The van der Waals surface area contributed by atoms with E-state index in [0.717, 1.165) is 18.2 Å². The van der Waals surface area contributed by atoms with Gasteiger partial charge in [0.05, 0.1) is 20.5 Å². The second-order valence-corrected chi connectivity index (χ2v) is 5.05. The molecule has 0 aromatic heterocycles. The van der Waals surface area contributed by atoms with Crippen molar-refractivity contribution in [3.05, 3.63) is 73.5 Å². The SMILES string of the molecule is O=C(OCc1ccc(F)cc1Cl)c1ccc([N+](=O)[O-])cc1Cl. The van der Waals surface area contributed by atoms with Crippen LogP contribution in [-0.4, -0.2) is 10.9 Å². The lowest BCUT2D eigenvalue weighted by molar-refractivity contribution is -0.384. The average molecular weight is 344 g/mol. The molecule has 22 heavy (non-hydrogen) atoms. The van der Waals surface area contributed by atoms with Gasteiger partial charge in [-0.3, -0.25) is 10.1 Å². The Labute approximate surface area is 134 Å². The fraction of sp³-hybridized carbons (Fsp3) is 0.0714. The Morgan fingerprint density at radius 3 is 2.50 bits per heavy atom. The van der Waals surface area contributed by atoms with Gasteiger partial charge in [0.15, 0.2) is 0 Å². The van der Waals surface area contributed by atoms with Crippen LogP contribution in [0.3, 0.4) is 0 Å². The van der Waals surface area contributed by atoms with E-state index in [9.17, 15) is 19.3 Å². The summed E-state index contributed by atoms with van der Waals surface area (Å²) in [6, 6.07) is 7.09. The zero-order valence-electron chi connectivity index (χ0n) is 10.9. The van der Waals surface area contributed by atoms with Gasteiger partial charge in [-0.25, -0.2) is 9.18 Å². The lowest BCUT2D eigenvalue weighted by Crippen LogP contribution is -2.06. The Hall–Kier alpha value is -2.18. The number of nitro groups is 1. The third-order valence-electron chi connectivity index (χ3n) is 2.76. The first-order chi connectivity index (χ1) is 10.4. The van der Waals surface area contributed by atoms with Crippen molar-refractivity contribution in [2.24, 2.45) is 0 Å². The molecule has 2 aromatic rings. The summed E-state index contributed by atoms with van der Waals surface area (Å²) < 4.78 is 17.9. The molecule has 0 saturated heterocycles. The number of non-ortho nitro benzene ring substituents is 1. The molecule has 0 fully saturated rings. The van der Waals surface area contributed by atoms with Gasteiger partial charge < -0.3 is 4.74 Å². The number of nitrogens with zero attached hydrogens (tertiary/aromatic N) is 1. The molecule has 0 bridgehead atoms. The zero-order chi connectivity index (χ0) is 16.3. The Morgan fingerprint density at radius 1 is 1.18 bits per heavy atom. The van der Waals surface area contributed by atoms with Gasteiger partial charge in [0.25, 0.3) is 5.69 Å². The molecule has 2 rings (SSSR count). The molecule has 2 aromatic carbocycles. The average Bonchev–Trinajstić information content (AvgIpc) is 2.45. The highest BCUT2D eigenvalue weighted by Gasteiger charge is 2.16. The van der Waals surface area contributed by atoms with Crippen LogP contribution in [0, 0.1) is 15.9 Å². The fourth-order valence-electron chi connectivity index (χ4n) is 1.64. The highest BCUT2D eigenvalue weighted by Crippen LogP contribution is 2.24. The van der Waals surface area contributed by atoms with E-state index in [0.29, 0.717) is 5.56 Å². The topological polar surface area (TPSA) is 69.4 Å². The largest absolute Gasteiger partial charge is 0.457 e. The van der Waals surface area contributed by atoms with Gasteiger partial charge in [-0.15, -0.1) is 0 Å².